The van der Waals surface area contributed by atoms with Crippen molar-refractivity contribution in [2.75, 3.05) is 25.0 Å². The van der Waals surface area contributed by atoms with Crippen LogP contribution in [0.4, 0.5) is 5.82 Å². The fourth-order valence-corrected chi connectivity index (χ4v) is 2.13. The zero-order valence-corrected chi connectivity index (χ0v) is 14.0. The zero-order chi connectivity index (χ0) is 16.7. The van der Waals surface area contributed by atoms with Crippen molar-refractivity contribution in [3.05, 3.63) is 54.0 Å². The lowest BCUT2D eigenvalue weighted by Crippen LogP contribution is -2.28. The van der Waals surface area contributed by atoms with Gasteiger partial charge < -0.3 is 10.2 Å². The molecule has 0 saturated heterocycles. The molecule has 0 aliphatic rings. The van der Waals surface area contributed by atoms with Gasteiger partial charge in [-0.05, 0) is 42.2 Å². The van der Waals surface area contributed by atoms with Gasteiger partial charge in [-0.2, -0.15) is 0 Å². The molecule has 23 heavy (non-hydrogen) atoms. The minimum absolute atomic E-state index is 0.0510. The number of nitrogens with zero attached hydrogens (tertiary/aromatic N) is 3. The Morgan fingerprint density at radius 3 is 2.65 bits per heavy atom. The summed E-state index contributed by atoms with van der Waals surface area (Å²) in [5, 5.41) is 2.93. The highest BCUT2D eigenvalue weighted by Gasteiger charge is 2.09. The highest BCUT2D eigenvalue weighted by Crippen LogP contribution is 2.12. The molecule has 0 fully saturated rings. The van der Waals surface area contributed by atoms with Crippen LogP contribution < -0.4 is 10.2 Å². The number of anilines is 1. The Labute approximate surface area is 137 Å². The molecule has 0 spiro atoms. The lowest BCUT2D eigenvalue weighted by molar-refractivity contribution is 0.0949. The average molecular weight is 312 g/mol. The number of carbonyl (C=O) groups excluding carboxylic acids is 1. The molecule has 0 unspecified atom stereocenters. The van der Waals surface area contributed by atoms with Crippen LogP contribution in [0.5, 0.6) is 0 Å². The molecule has 0 aliphatic heterocycles. The van der Waals surface area contributed by atoms with Crippen LogP contribution >= 0.6 is 0 Å². The maximum atomic E-state index is 12.1. The van der Waals surface area contributed by atoms with Crippen molar-refractivity contribution in [2.45, 2.75) is 20.3 Å². The SMILES string of the molecule is CC(C)CNC(=O)c1ccnc(N(C)CCc2ccncc2)c1. The lowest BCUT2D eigenvalue weighted by atomic mass is 10.2. The maximum Gasteiger partial charge on any atom is 0.251 e. The van der Waals surface area contributed by atoms with Crippen molar-refractivity contribution in [1.29, 1.82) is 0 Å². The van der Waals surface area contributed by atoms with E-state index in [1.165, 1.54) is 5.56 Å². The number of aromatic nitrogens is 2. The minimum atomic E-state index is -0.0510. The maximum absolute atomic E-state index is 12.1. The molecule has 0 saturated carbocycles. The summed E-state index contributed by atoms with van der Waals surface area (Å²) >= 11 is 0. The Balaban J connectivity index is 1.96. The van der Waals surface area contributed by atoms with E-state index in [-0.39, 0.29) is 5.91 Å². The van der Waals surface area contributed by atoms with Crippen LogP contribution in [0.15, 0.2) is 42.9 Å². The summed E-state index contributed by atoms with van der Waals surface area (Å²) in [6.45, 7) is 5.65. The van der Waals surface area contributed by atoms with Crippen molar-refractivity contribution in [3.63, 3.8) is 0 Å². The number of amides is 1. The molecule has 5 nitrogen and oxygen atoms in total. The van der Waals surface area contributed by atoms with Crippen LogP contribution in [0, 0.1) is 5.92 Å². The summed E-state index contributed by atoms with van der Waals surface area (Å²) in [4.78, 5) is 22.6. The van der Waals surface area contributed by atoms with Gasteiger partial charge in [-0.3, -0.25) is 9.78 Å². The van der Waals surface area contributed by atoms with Gasteiger partial charge in [0.1, 0.15) is 5.82 Å². The minimum Gasteiger partial charge on any atom is -0.359 e. The largest absolute Gasteiger partial charge is 0.359 e. The molecule has 5 heteroatoms. The van der Waals surface area contributed by atoms with Crippen molar-refractivity contribution in [3.8, 4) is 0 Å². The van der Waals surface area contributed by atoms with Gasteiger partial charge in [0, 0.05) is 44.3 Å². The summed E-state index contributed by atoms with van der Waals surface area (Å²) in [6.07, 6.45) is 6.19. The summed E-state index contributed by atoms with van der Waals surface area (Å²) in [7, 11) is 1.99. The fraction of sp³-hybridized carbons (Fsp3) is 0.389. The predicted molar refractivity (Wildman–Crippen MR) is 92.6 cm³/mol. The molecule has 0 aliphatic carbocycles. The third-order valence-electron chi connectivity index (χ3n) is 3.55. The lowest BCUT2D eigenvalue weighted by Gasteiger charge is -2.18. The van der Waals surface area contributed by atoms with Gasteiger partial charge in [0.05, 0.1) is 0 Å². The average Bonchev–Trinajstić information content (AvgIpc) is 2.58. The quantitative estimate of drug-likeness (QED) is 0.853. The van der Waals surface area contributed by atoms with Crippen molar-refractivity contribution in [1.82, 2.24) is 15.3 Å². The van der Waals surface area contributed by atoms with Crippen molar-refractivity contribution in [2.24, 2.45) is 5.92 Å². The zero-order valence-electron chi connectivity index (χ0n) is 14.0. The first-order valence-corrected chi connectivity index (χ1v) is 7.90. The highest BCUT2D eigenvalue weighted by molar-refractivity contribution is 5.94. The van der Waals surface area contributed by atoms with Gasteiger partial charge in [-0.15, -0.1) is 0 Å². The molecule has 1 N–H and O–H groups in total. The fourth-order valence-electron chi connectivity index (χ4n) is 2.13. The third-order valence-corrected chi connectivity index (χ3v) is 3.55. The first kappa shape index (κ1) is 16.9. The topological polar surface area (TPSA) is 58.1 Å². The van der Waals surface area contributed by atoms with Gasteiger partial charge in [-0.1, -0.05) is 13.8 Å². The van der Waals surface area contributed by atoms with Gasteiger partial charge in [0.25, 0.3) is 5.91 Å². The van der Waals surface area contributed by atoms with E-state index < -0.39 is 0 Å². The summed E-state index contributed by atoms with van der Waals surface area (Å²) < 4.78 is 0. The summed E-state index contributed by atoms with van der Waals surface area (Å²) in [5.74, 6) is 1.18. The number of hydrogen-bond donors (Lipinski definition) is 1. The van der Waals surface area contributed by atoms with Gasteiger partial charge in [0.2, 0.25) is 0 Å². The number of pyridine rings is 2. The first-order valence-electron chi connectivity index (χ1n) is 7.90. The molecule has 1 amide bonds. The molecule has 2 aromatic heterocycles. The van der Waals surface area contributed by atoms with Crippen LogP contribution in [0.1, 0.15) is 29.8 Å². The first-order chi connectivity index (χ1) is 11.1. The van der Waals surface area contributed by atoms with Crippen LogP contribution in [-0.2, 0) is 6.42 Å². The normalized spacial score (nSPS) is 10.6. The Morgan fingerprint density at radius 2 is 1.96 bits per heavy atom. The van der Waals surface area contributed by atoms with Crippen LogP contribution in [0.3, 0.4) is 0 Å². The van der Waals surface area contributed by atoms with E-state index in [9.17, 15) is 4.79 Å². The Hall–Kier alpha value is -2.43. The Kier molecular flexibility index (Phi) is 6.09. The molecule has 0 bridgehead atoms. The number of nitrogens with one attached hydrogen (secondary N) is 1. The summed E-state index contributed by atoms with van der Waals surface area (Å²) in [5.41, 5.74) is 1.88. The van der Waals surface area contributed by atoms with E-state index in [0.29, 0.717) is 18.0 Å². The monoisotopic (exact) mass is 312 g/mol. The molecular weight excluding hydrogens is 288 g/mol. The number of hydrogen-bond acceptors (Lipinski definition) is 4. The van der Waals surface area contributed by atoms with Crippen LogP contribution in [0.25, 0.3) is 0 Å². The number of carbonyl (C=O) groups is 1. The molecule has 2 rings (SSSR count). The summed E-state index contributed by atoms with van der Waals surface area (Å²) in [6, 6.07) is 7.60. The molecule has 2 aromatic rings. The second-order valence-electron chi connectivity index (χ2n) is 6.03. The highest BCUT2D eigenvalue weighted by atomic mass is 16.1. The second-order valence-corrected chi connectivity index (χ2v) is 6.03. The molecule has 122 valence electrons. The second kappa shape index (κ2) is 8.27. The van der Waals surface area contributed by atoms with E-state index >= 15 is 0 Å². The molecule has 0 radical (unpaired) electrons. The van der Waals surface area contributed by atoms with E-state index in [1.807, 2.05) is 25.2 Å². The van der Waals surface area contributed by atoms with Gasteiger partial charge in [0.15, 0.2) is 0 Å². The van der Waals surface area contributed by atoms with E-state index in [2.05, 4.69) is 34.0 Å². The van der Waals surface area contributed by atoms with Crippen LogP contribution in [0.2, 0.25) is 0 Å². The van der Waals surface area contributed by atoms with Crippen molar-refractivity contribution < 1.29 is 4.79 Å². The van der Waals surface area contributed by atoms with Crippen LogP contribution in [-0.4, -0.2) is 36.0 Å². The predicted octanol–water partition coefficient (Wildman–Crippen LogP) is 2.54. The van der Waals surface area contributed by atoms with Gasteiger partial charge >= 0.3 is 0 Å². The van der Waals surface area contributed by atoms with Gasteiger partial charge in [-0.25, -0.2) is 4.98 Å². The molecule has 0 atom stereocenters. The standard InChI is InChI=1S/C18H24N4O/c1-14(2)13-21-18(23)16-6-10-20-17(12-16)22(3)11-7-15-4-8-19-9-5-15/h4-6,8-10,12,14H,7,11,13H2,1-3H3,(H,21,23). The molecular formula is C18H24N4O. The van der Waals surface area contributed by atoms with Crippen molar-refractivity contribution >= 4 is 11.7 Å². The molecule has 2 heterocycles. The van der Waals surface area contributed by atoms with E-state index in [0.717, 1.165) is 18.8 Å². The van der Waals surface area contributed by atoms with E-state index in [4.69, 9.17) is 0 Å². The number of likely N-dealkylation sites (N-methyl/N-ethyl adjacent to an activating group) is 1. The Morgan fingerprint density at radius 1 is 1.22 bits per heavy atom. The van der Waals surface area contributed by atoms with E-state index in [1.54, 1.807) is 24.7 Å². The third kappa shape index (κ3) is 5.36. The Bertz CT molecular complexity index is 628. The number of rotatable bonds is 7. The smallest absolute Gasteiger partial charge is 0.251 e. The molecule has 0 aromatic carbocycles.